The molecule has 43 heavy (non-hydrogen) atoms. The summed E-state index contributed by atoms with van der Waals surface area (Å²) in [6.45, 7) is 0.728. The van der Waals surface area contributed by atoms with Crippen molar-refractivity contribution in [1.82, 2.24) is 14.8 Å². The maximum atomic E-state index is 13.8. The zero-order chi connectivity index (χ0) is 29.8. The van der Waals surface area contributed by atoms with E-state index in [2.05, 4.69) is 15.3 Å². The van der Waals surface area contributed by atoms with Crippen molar-refractivity contribution in [2.75, 3.05) is 11.9 Å². The summed E-state index contributed by atoms with van der Waals surface area (Å²) in [4.78, 5) is 51.4. The molecule has 2 aromatic heterocycles. The van der Waals surface area contributed by atoms with Crippen LogP contribution in [0.25, 0.3) is 0 Å². The highest BCUT2D eigenvalue weighted by Crippen LogP contribution is 2.41. The number of pyridine rings is 1. The largest absolute Gasteiger partial charge is 0.467 e. The van der Waals surface area contributed by atoms with Gasteiger partial charge in [-0.25, -0.2) is 9.38 Å². The van der Waals surface area contributed by atoms with Gasteiger partial charge in [0.2, 0.25) is 17.7 Å². The lowest BCUT2D eigenvalue weighted by molar-refractivity contribution is -0.136. The number of amidine groups is 1. The molecule has 0 bridgehead atoms. The summed E-state index contributed by atoms with van der Waals surface area (Å²) in [6.07, 6.45) is 6.40. The molecule has 2 fully saturated rings. The Labute approximate surface area is 251 Å². The average molecular weight is 598 g/mol. The molecule has 4 heterocycles. The Balaban J connectivity index is 1.15. The molecule has 9 nitrogen and oxygen atoms in total. The fraction of sp³-hybridized carbons (Fsp3) is 0.219. The van der Waals surface area contributed by atoms with E-state index in [4.69, 9.17) is 4.42 Å². The van der Waals surface area contributed by atoms with Crippen molar-refractivity contribution in [1.29, 1.82) is 0 Å². The highest BCUT2D eigenvalue weighted by atomic mass is 32.2. The van der Waals surface area contributed by atoms with Gasteiger partial charge in [0.15, 0.2) is 5.17 Å². The molecule has 2 aliphatic rings. The third-order valence-electron chi connectivity index (χ3n) is 7.33. The first-order chi connectivity index (χ1) is 20.9. The van der Waals surface area contributed by atoms with E-state index in [-0.39, 0.29) is 30.7 Å². The summed E-state index contributed by atoms with van der Waals surface area (Å²) in [5.74, 6) is -0.330. The minimum Gasteiger partial charge on any atom is -0.467 e. The maximum Gasteiger partial charge on any atom is 0.247 e. The fourth-order valence-electron chi connectivity index (χ4n) is 5.19. The zero-order valence-corrected chi connectivity index (χ0v) is 23.9. The van der Waals surface area contributed by atoms with Crippen LogP contribution in [0.1, 0.15) is 35.0 Å². The van der Waals surface area contributed by atoms with Crippen molar-refractivity contribution in [2.45, 2.75) is 37.1 Å². The van der Waals surface area contributed by atoms with Crippen molar-refractivity contribution in [2.24, 2.45) is 4.99 Å². The number of hydrogen-bond acceptors (Lipinski definition) is 7. The molecule has 2 atom stereocenters. The number of benzene rings is 2. The number of nitrogens with one attached hydrogen (secondary N) is 1. The van der Waals surface area contributed by atoms with Gasteiger partial charge < -0.3 is 14.6 Å². The van der Waals surface area contributed by atoms with E-state index in [9.17, 15) is 18.8 Å². The van der Waals surface area contributed by atoms with Crippen molar-refractivity contribution < 1.29 is 23.2 Å². The Morgan fingerprint density at radius 1 is 1.07 bits per heavy atom. The van der Waals surface area contributed by atoms with E-state index in [1.165, 1.54) is 28.8 Å². The summed E-state index contributed by atoms with van der Waals surface area (Å²) in [5, 5.41) is 2.79. The molecule has 1 N–H and O–H groups in total. The van der Waals surface area contributed by atoms with Gasteiger partial charge in [-0.15, -0.1) is 0 Å². The van der Waals surface area contributed by atoms with Crippen LogP contribution < -0.4 is 5.32 Å². The maximum absolute atomic E-state index is 13.8. The Bertz CT molecular complexity index is 1650. The number of hydrogen-bond donors (Lipinski definition) is 1. The van der Waals surface area contributed by atoms with Crippen LogP contribution in [0, 0.1) is 5.82 Å². The van der Waals surface area contributed by atoms with Crippen LogP contribution >= 0.6 is 11.8 Å². The molecule has 0 aliphatic carbocycles. The third-order valence-corrected chi connectivity index (χ3v) is 8.56. The zero-order valence-electron chi connectivity index (χ0n) is 23.1. The van der Waals surface area contributed by atoms with Crippen molar-refractivity contribution in [3.63, 3.8) is 0 Å². The van der Waals surface area contributed by atoms with Gasteiger partial charge >= 0.3 is 0 Å². The Hall–Kier alpha value is -4.77. The Morgan fingerprint density at radius 3 is 2.63 bits per heavy atom. The standard InChI is InChI=1S/C32H28FN5O4S/c33-23-4-1-5-25(19-23)36-32-38(20-26-6-3-17-42-26)31(41)29(43-32)22-8-10-24(11-9-22)35-30(40)27-7-2-16-37(27)28(39)18-21-12-14-34-15-13-21/h1,3-6,8-15,17,19,27,29H,2,7,16,18,20H2,(H,35,40)/t27-,29?/m0/s1. The van der Waals surface area contributed by atoms with Gasteiger partial charge in [-0.05, 0) is 78.6 Å². The monoisotopic (exact) mass is 597 g/mol. The second-order valence-corrected chi connectivity index (χ2v) is 11.3. The number of amides is 3. The number of halogens is 1. The van der Waals surface area contributed by atoms with E-state index in [1.807, 2.05) is 0 Å². The molecule has 6 rings (SSSR count). The minimum atomic E-state index is -0.580. The molecule has 218 valence electrons. The van der Waals surface area contributed by atoms with Crippen LogP contribution in [0.3, 0.4) is 0 Å². The Kier molecular flexibility index (Phi) is 8.32. The summed E-state index contributed by atoms with van der Waals surface area (Å²) < 4.78 is 19.3. The van der Waals surface area contributed by atoms with E-state index < -0.39 is 17.1 Å². The number of anilines is 1. The SMILES string of the molecule is O=C(Nc1ccc(C2SC(=Nc3cccc(F)c3)N(Cc3ccco3)C2=O)cc1)[C@@H]1CCCN1C(=O)Cc1ccncc1. The number of nitrogens with zero attached hydrogens (tertiary/aromatic N) is 4. The number of carbonyl (C=O) groups excluding carboxylic acids is 3. The predicted octanol–water partition coefficient (Wildman–Crippen LogP) is 5.49. The van der Waals surface area contributed by atoms with Crippen LogP contribution in [-0.4, -0.2) is 50.3 Å². The van der Waals surface area contributed by atoms with Crippen LogP contribution in [0.4, 0.5) is 15.8 Å². The second kappa shape index (κ2) is 12.6. The molecular formula is C32H28FN5O4S. The molecule has 2 aromatic carbocycles. The van der Waals surface area contributed by atoms with Gasteiger partial charge in [-0.3, -0.25) is 24.3 Å². The lowest BCUT2D eigenvalue weighted by Crippen LogP contribution is -2.43. The van der Waals surface area contributed by atoms with Crippen LogP contribution in [0.5, 0.6) is 0 Å². The topological polar surface area (TPSA) is 108 Å². The number of thioether (sulfide) groups is 1. The molecule has 4 aromatic rings. The summed E-state index contributed by atoms with van der Waals surface area (Å²) in [6, 6.07) is 19.6. The average Bonchev–Trinajstić information content (AvgIpc) is 3.77. The highest BCUT2D eigenvalue weighted by Gasteiger charge is 2.40. The first-order valence-corrected chi connectivity index (χ1v) is 14.8. The molecule has 0 radical (unpaired) electrons. The minimum absolute atomic E-state index is 0.0919. The smallest absolute Gasteiger partial charge is 0.247 e. The van der Waals surface area contributed by atoms with E-state index in [0.29, 0.717) is 35.3 Å². The number of furan rings is 1. The number of aromatic nitrogens is 1. The number of carbonyl (C=O) groups is 3. The molecular weight excluding hydrogens is 569 g/mol. The summed E-state index contributed by atoms with van der Waals surface area (Å²) >= 11 is 1.27. The van der Waals surface area contributed by atoms with Gasteiger partial charge in [0, 0.05) is 24.6 Å². The number of aliphatic imine (C=N–C) groups is 1. The first-order valence-electron chi connectivity index (χ1n) is 13.9. The molecule has 2 aliphatic heterocycles. The van der Waals surface area contributed by atoms with E-state index in [1.54, 1.807) is 84.2 Å². The number of rotatable bonds is 8. The van der Waals surface area contributed by atoms with Crippen LogP contribution in [0.2, 0.25) is 0 Å². The van der Waals surface area contributed by atoms with Gasteiger partial charge in [0.05, 0.1) is 24.9 Å². The lowest BCUT2D eigenvalue weighted by Gasteiger charge is -2.24. The highest BCUT2D eigenvalue weighted by molar-refractivity contribution is 8.15. The quantitative estimate of drug-likeness (QED) is 0.288. The first kappa shape index (κ1) is 28.4. The van der Waals surface area contributed by atoms with E-state index in [0.717, 1.165) is 17.5 Å². The van der Waals surface area contributed by atoms with Gasteiger partial charge in [0.25, 0.3) is 0 Å². The molecule has 0 saturated carbocycles. The molecule has 3 amide bonds. The molecule has 11 heteroatoms. The van der Waals surface area contributed by atoms with Crippen LogP contribution in [0.15, 0.2) is 101 Å². The normalized spacial score (nSPS) is 19.3. The molecule has 0 spiro atoms. The van der Waals surface area contributed by atoms with Crippen LogP contribution in [-0.2, 0) is 27.3 Å². The predicted molar refractivity (Wildman–Crippen MR) is 161 cm³/mol. The number of likely N-dealkylation sites (tertiary alicyclic amines) is 1. The fourth-order valence-corrected chi connectivity index (χ4v) is 6.37. The van der Waals surface area contributed by atoms with Crippen molar-refractivity contribution in [3.8, 4) is 0 Å². The molecule has 2 saturated heterocycles. The summed E-state index contributed by atoms with van der Waals surface area (Å²) in [7, 11) is 0. The van der Waals surface area contributed by atoms with Gasteiger partial charge in [-0.2, -0.15) is 0 Å². The summed E-state index contributed by atoms with van der Waals surface area (Å²) in [5.41, 5.74) is 2.56. The van der Waals surface area contributed by atoms with Gasteiger partial charge in [-0.1, -0.05) is 30.0 Å². The van der Waals surface area contributed by atoms with E-state index >= 15 is 0 Å². The van der Waals surface area contributed by atoms with Crippen molar-refractivity contribution in [3.05, 3.63) is 114 Å². The van der Waals surface area contributed by atoms with Gasteiger partial charge in [0.1, 0.15) is 22.9 Å². The third kappa shape index (κ3) is 6.51. The molecule has 1 unspecified atom stereocenters. The Morgan fingerprint density at radius 2 is 1.88 bits per heavy atom. The lowest BCUT2D eigenvalue weighted by atomic mass is 10.1. The van der Waals surface area contributed by atoms with Crippen molar-refractivity contribution >= 4 is 46.0 Å². The second-order valence-electron chi connectivity index (χ2n) is 10.3.